The summed E-state index contributed by atoms with van der Waals surface area (Å²) >= 11 is 0. The highest BCUT2D eigenvalue weighted by Crippen LogP contribution is 2.49. The number of nitrogens with one attached hydrogen (secondary N) is 1. The second-order valence-electron chi connectivity index (χ2n) is 5.10. The lowest BCUT2D eigenvalue weighted by atomic mass is 9.98. The van der Waals surface area contributed by atoms with Gasteiger partial charge in [0, 0.05) is 13.7 Å². The van der Waals surface area contributed by atoms with E-state index < -0.39 is 0 Å². The first-order chi connectivity index (χ1) is 8.24. The zero-order valence-electron chi connectivity index (χ0n) is 11.1. The van der Waals surface area contributed by atoms with Crippen LogP contribution in [0.15, 0.2) is 18.2 Å². The summed E-state index contributed by atoms with van der Waals surface area (Å²) in [6, 6.07) is 6.62. The molecule has 2 unspecified atom stereocenters. The van der Waals surface area contributed by atoms with Gasteiger partial charge in [-0.15, -0.1) is 0 Å². The summed E-state index contributed by atoms with van der Waals surface area (Å²) in [6.07, 6.45) is 1.34. The molecule has 2 nitrogen and oxygen atoms in total. The van der Waals surface area contributed by atoms with Crippen molar-refractivity contribution in [3.05, 3.63) is 34.9 Å². The Bertz CT molecular complexity index is 355. The number of benzene rings is 1. The summed E-state index contributed by atoms with van der Waals surface area (Å²) in [5.41, 5.74) is 4.50. The van der Waals surface area contributed by atoms with E-state index in [-0.39, 0.29) is 0 Å². The van der Waals surface area contributed by atoms with Crippen molar-refractivity contribution in [3.63, 3.8) is 0 Å². The molecule has 1 aromatic carbocycles. The van der Waals surface area contributed by atoms with Gasteiger partial charge in [0.25, 0.3) is 0 Å². The Hall–Kier alpha value is -0.860. The van der Waals surface area contributed by atoms with Gasteiger partial charge in [-0.2, -0.15) is 0 Å². The summed E-state index contributed by atoms with van der Waals surface area (Å²) in [5, 5.41) is 3.46. The molecule has 17 heavy (non-hydrogen) atoms. The maximum atomic E-state index is 5.03. The van der Waals surface area contributed by atoms with Crippen LogP contribution in [-0.2, 0) is 4.74 Å². The van der Waals surface area contributed by atoms with E-state index in [1.54, 1.807) is 12.7 Å². The minimum atomic E-state index is 0.784. The first-order valence-corrected chi connectivity index (χ1v) is 6.49. The van der Waals surface area contributed by atoms with Gasteiger partial charge in [0.1, 0.15) is 0 Å². The topological polar surface area (TPSA) is 21.3 Å². The Kier molecular flexibility index (Phi) is 4.19. The molecule has 0 aliphatic heterocycles. The first kappa shape index (κ1) is 12.6. The molecule has 1 aliphatic rings. The van der Waals surface area contributed by atoms with Gasteiger partial charge < -0.3 is 10.1 Å². The number of hydrogen-bond acceptors (Lipinski definition) is 2. The molecule has 1 aliphatic carbocycles. The Morgan fingerprint density at radius 2 is 2.00 bits per heavy atom. The molecule has 0 saturated heterocycles. The molecular weight excluding hydrogens is 210 g/mol. The monoisotopic (exact) mass is 233 g/mol. The molecule has 94 valence electrons. The molecule has 0 bridgehead atoms. The highest BCUT2D eigenvalue weighted by atomic mass is 16.5. The molecule has 2 heteroatoms. The van der Waals surface area contributed by atoms with Crippen molar-refractivity contribution in [3.8, 4) is 0 Å². The van der Waals surface area contributed by atoms with Crippen LogP contribution in [0.2, 0.25) is 0 Å². The third kappa shape index (κ3) is 3.08. The highest BCUT2D eigenvalue weighted by molar-refractivity contribution is 5.39. The number of hydrogen-bond donors (Lipinski definition) is 1. The zero-order valence-corrected chi connectivity index (χ0v) is 11.1. The minimum absolute atomic E-state index is 0.784. The smallest absolute Gasteiger partial charge is 0.0587 e. The van der Waals surface area contributed by atoms with Crippen molar-refractivity contribution in [1.29, 1.82) is 0 Å². The summed E-state index contributed by atoms with van der Waals surface area (Å²) in [5.74, 6) is 1.61. The molecule has 1 fully saturated rings. The largest absolute Gasteiger partial charge is 0.383 e. The van der Waals surface area contributed by atoms with E-state index in [1.165, 1.54) is 17.5 Å². The second-order valence-corrected chi connectivity index (χ2v) is 5.10. The van der Waals surface area contributed by atoms with E-state index in [4.69, 9.17) is 4.74 Å². The summed E-state index contributed by atoms with van der Waals surface area (Å²) in [4.78, 5) is 0. The molecule has 1 N–H and O–H groups in total. The van der Waals surface area contributed by atoms with Gasteiger partial charge in [-0.3, -0.25) is 0 Å². The lowest BCUT2D eigenvalue weighted by Crippen LogP contribution is -2.21. The fraction of sp³-hybridized carbons (Fsp3) is 0.600. The Morgan fingerprint density at radius 1 is 1.29 bits per heavy atom. The number of rotatable bonds is 6. The van der Waals surface area contributed by atoms with Gasteiger partial charge >= 0.3 is 0 Å². The van der Waals surface area contributed by atoms with Crippen LogP contribution in [0.1, 0.15) is 29.0 Å². The molecular formula is C15H23NO. The van der Waals surface area contributed by atoms with Gasteiger partial charge in [-0.1, -0.05) is 18.2 Å². The third-order valence-corrected chi connectivity index (χ3v) is 3.72. The van der Waals surface area contributed by atoms with Gasteiger partial charge in [-0.25, -0.2) is 0 Å². The van der Waals surface area contributed by atoms with Crippen LogP contribution in [0.25, 0.3) is 0 Å². The predicted octanol–water partition coefficient (Wildman–Crippen LogP) is 2.64. The highest BCUT2D eigenvalue weighted by Gasteiger charge is 2.39. The van der Waals surface area contributed by atoms with Gasteiger partial charge in [0.2, 0.25) is 0 Å². The fourth-order valence-electron chi connectivity index (χ4n) is 2.70. The van der Waals surface area contributed by atoms with Crippen molar-refractivity contribution < 1.29 is 4.74 Å². The van der Waals surface area contributed by atoms with Gasteiger partial charge in [0.05, 0.1) is 6.61 Å². The summed E-state index contributed by atoms with van der Waals surface area (Å²) < 4.78 is 5.03. The van der Waals surface area contributed by atoms with E-state index in [2.05, 4.69) is 37.4 Å². The molecule has 2 atom stereocenters. The van der Waals surface area contributed by atoms with Crippen LogP contribution in [0.3, 0.4) is 0 Å². The molecule has 0 spiro atoms. The van der Waals surface area contributed by atoms with Crippen LogP contribution in [-0.4, -0.2) is 26.8 Å². The summed E-state index contributed by atoms with van der Waals surface area (Å²) in [6.45, 7) is 7.36. The molecule has 1 saturated carbocycles. The van der Waals surface area contributed by atoms with Crippen LogP contribution < -0.4 is 5.32 Å². The average molecular weight is 233 g/mol. The lowest BCUT2D eigenvalue weighted by Gasteiger charge is -2.09. The minimum Gasteiger partial charge on any atom is -0.383 e. The predicted molar refractivity (Wildman–Crippen MR) is 71.5 cm³/mol. The zero-order chi connectivity index (χ0) is 12.3. The number of methoxy groups -OCH3 is 1. The number of aryl methyl sites for hydroxylation is 2. The van der Waals surface area contributed by atoms with Gasteiger partial charge in [0.15, 0.2) is 0 Å². The summed E-state index contributed by atoms with van der Waals surface area (Å²) in [7, 11) is 1.75. The molecule has 0 amide bonds. The first-order valence-electron chi connectivity index (χ1n) is 6.49. The van der Waals surface area contributed by atoms with Crippen molar-refractivity contribution in [2.75, 3.05) is 26.8 Å². The SMILES string of the molecule is COCCNCC1CC1c1c(C)cccc1C. The molecule has 0 heterocycles. The van der Waals surface area contributed by atoms with E-state index in [1.807, 2.05) is 0 Å². The van der Waals surface area contributed by atoms with E-state index >= 15 is 0 Å². The van der Waals surface area contributed by atoms with Crippen molar-refractivity contribution in [2.24, 2.45) is 5.92 Å². The normalized spacial score (nSPS) is 22.8. The van der Waals surface area contributed by atoms with Crippen LogP contribution in [0, 0.1) is 19.8 Å². The Balaban J connectivity index is 1.85. The lowest BCUT2D eigenvalue weighted by molar-refractivity contribution is 0.199. The molecule has 1 aromatic rings. The van der Waals surface area contributed by atoms with Crippen LogP contribution >= 0.6 is 0 Å². The van der Waals surface area contributed by atoms with E-state index in [0.717, 1.165) is 31.5 Å². The van der Waals surface area contributed by atoms with Crippen molar-refractivity contribution >= 4 is 0 Å². The third-order valence-electron chi connectivity index (χ3n) is 3.72. The molecule has 0 aromatic heterocycles. The van der Waals surface area contributed by atoms with Crippen molar-refractivity contribution in [1.82, 2.24) is 5.32 Å². The van der Waals surface area contributed by atoms with Gasteiger partial charge in [-0.05, 0) is 55.3 Å². The quantitative estimate of drug-likeness (QED) is 0.763. The Morgan fingerprint density at radius 3 is 2.65 bits per heavy atom. The van der Waals surface area contributed by atoms with E-state index in [9.17, 15) is 0 Å². The van der Waals surface area contributed by atoms with Crippen LogP contribution in [0.5, 0.6) is 0 Å². The maximum Gasteiger partial charge on any atom is 0.0587 e. The standard InChI is InChI=1S/C15H23NO/c1-11-5-4-6-12(2)15(11)14-9-13(14)10-16-7-8-17-3/h4-6,13-14,16H,7-10H2,1-3H3. The fourth-order valence-corrected chi connectivity index (χ4v) is 2.70. The van der Waals surface area contributed by atoms with Crippen molar-refractivity contribution in [2.45, 2.75) is 26.2 Å². The second kappa shape index (κ2) is 5.65. The molecule has 2 rings (SSSR count). The molecule has 0 radical (unpaired) electrons. The Labute approximate surface area is 104 Å². The van der Waals surface area contributed by atoms with E-state index in [0.29, 0.717) is 0 Å². The number of ether oxygens (including phenoxy) is 1. The maximum absolute atomic E-state index is 5.03. The average Bonchev–Trinajstić information content (AvgIpc) is 3.04. The van der Waals surface area contributed by atoms with Crippen LogP contribution in [0.4, 0.5) is 0 Å².